The molecule has 3 heterocycles. The zero-order valence-corrected chi connectivity index (χ0v) is 36.8. The van der Waals surface area contributed by atoms with E-state index in [1.165, 1.54) is 23.0 Å². The SMILES string of the molecule is Cc1ccc(S(=O)(=O)OC[C@]2(CO[Si](c3ccccc3)(c3ccccc3)C(C)(C)C)O[C@@H](n3cnc4c(=O)[nH]c(NC(=O)C(C)C)nc43)[C@H](O)[C@@H]2OCc2ccccc2)cc1. The fourth-order valence-corrected chi connectivity index (χ4v) is 13.3. The van der Waals surface area contributed by atoms with E-state index in [0.717, 1.165) is 21.5 Å². The van der Waals surface area contributed by atoms with Gasteiger partial charge in [-0.3, -0.25) is 28.6 Å². The van der Waals surface area contributed by atoms with Crippen LogP contribution in [0.25, 0.3) is 11.2 Å². The van der Waals surface area contributed by atoms with Crippen LogP contribution in [0.3, 0.4) is 0 Å². The molecular formula is C45H51N5O9SSi. The number of nitrogens with zero attached hydrogens (tertiary/aromatic N) is 3. The van der Waals surface area contributed by atoms with Gasteiger partial charge in [-0.1, -0.05) is 143 Å². The summed E-state index contributed by atoms with van der Waals surface area (Å²) in [6, 6.07) is 35.4. The number of benzene rings is 4. The number of rotatable bonds is 15. The summed E-state index contributed by atoms with van der Waals surface area (Å²) in [5, 5.41) is 16.5. The topological polar surface area (TPSA) is 184 Å². The van der Waals surface area contributed by atoms with Crippen LogP contribution in [0.2, 0.25) is 5.04 Å². The number of carbonyl (C=O) groups is 1. The fourth-order valence-electron chi connectivity index (χ4n) is 7.72. The molecule has 0 spiro atoms. The average Bonchev–Trinajstić information content (AvgIpc) is 3.78. The Morgan fingerprint density at radius 3 is 2.10 bits per heavy atom. The van der Waals surface area contributed by atoms with Crippen LogP contribution in [0, 0.1) is 12.8 Å². The van der Waals surface area contributed by atoms with E-state index >= 15 is 0 Å². The third-order valence-electron chi connectivity index (χ3n) is 10.9. The van der Waals surface area contributed by atoms with E-state index in [0.29, 0.717) is 0 Å². The quantitative estimate of drug-likeness (QED) is 0.0909. The Kier molecular flexibility index (Phi) is 12.6. The number of fused-ring (bicyclic) bond motifs is 1. The van der Waals surface area contributed by atoms with E-state index in [4.69, 9.17) is 18.1 Å². The first-order valence-corrected chi connectivity index (χ1v) is 23.4. The number of aromatic amines is 1. The highest BCUT2D eigenvalue weighted by atomic mass is 32.2. The fraction of sp³-hybridized carbons (Fsp3) is 0.333. The lowest BCUT2D eigenvalue weighted by Gasteiger charge is -2.45. The minimum Gasteiger partial charge on any atom is -0.404 e. The van der Waals surface area contributed by atoms with E-state index < -0.39 is 65.6 Å². The summed E-state index contributed by atoms with van der Waals surface area (Å²) in [6.07, 6.45) is -2.92. The van der Waals surface area contributed by atoms with Gasteiger partial charge in [0.05, 0.1) is 24.4 Å². The number of hydrogen-bond acceptors (Lipinski definition) is 11. The Labute approximate surface area is 356 Å². The lowest BCUT2D eigenvalue weighted by Crippen LogP contribution is -2.68. The van der Waals surface area contributed by atoms with Crippen molar-refractivity contribution < 1.29 is 36.4 Å². The van der Waals surface area contributed by atoms with Crippen molar-refractivity contribution in [2.75, 3.05) is 18.5 Å². The summed E-state index contributed by atoms with van der Waals surface area (Å²) in [6.45, 7) is 10.6. The van der Waals surface area contributed by atoms with Crippen LogP contribution in [0.4, 0.5) is 5.95 Å². The number of hydrogen-bond donors (Lipinski definition) is 3. The molecule has 0 saturated carbocycles. The predicted molar refractivity (Wildman–Crippen MR) is 233 cm³/mol. The second-order valence-electron chi connectivity index (χ2n) is 16.6. The number of aliphatic hydroxyl groups excluding tert-OH is 1. The Morgan fingerprint density at radius 2 is 1.52 bits per heavy atom. The van der Waals surface area contributed by atoms with Crippen LogP contribution < -0.4 is 21.2 Å². The number of H-pyrrole nitrogens is 1. The van der Waals surface area contributed by atoms with Crippen LogP contribution >= 0.6 is 0 Å². The minimum absolute atomic E-state index is 0.00169. The number of aromatic nitrogens is 4. The van der Waals surface area contributed by atoms with Gasteiger partial charge in [-0.25, -0.2) is 4.98 Å². The lowest BCUT2D eigenvalue weighted by molar-refractivity contribution is -0.155. The van der Waals surface area contributed by atoms with Crippen LogP contribution in [0.15, 0.2) is 131 Å². The van der Waals surface area contributed by atoms with Crippen molar-refractivity contribution >= 4 is 51.8 Å². The van der Waals surface area contributed by atoms with Crippen LogP contribution in [0.1, 0.15) is 52.0 Å². The number of amides is 1. The molecule has 0 aliphatic carbocycles. The maximum absolute atomic E-state index is 14.0. The first-order valence-electron chi connectivity index (χ1n) is 20.0. The second kappa shape index (κ2) is 17.6. The van der Waals surface area contributed by atoms with Gasteiger partial charge < -0.3 is 19.0 Å². The van der Waals surface area contributed by atoms with E-state index in [9.17, 15) is 23.1 Å². The zero-order valence-electron chi connectivity index (χ0n) is 34.9. The molecular weight excluding hydrogens is 815 g/mol. The molecule has 14 nitrogen and oxygen atoms in total. The van der Waals surface area contributed by atoms with Gasteiger partial charge in [0.2, 0.25) is 11.9 Å². The first-order chi connectivity index (χ1) is 29.0. The van der Waals surface area contributed by atoms with Crippen molar-refractivity contribution in [2.24, 2.45) is 5.92 Å². The smallest absolute Gasteiger partial charge is 0.297 e. The third kappa shape index (κ3) is 8.88. The van der Waals surface area contributed by atoms with E-state index in [2.05, 4.69) is 41.0 Å². The summed E-state index contributed by atoms with van der Waals surface area (Å²) in [4.78, 5) is 37.3. The van der Waals surface area contributed by atoms with Gasteiger partial charge in [0.25, 0.3) is 24.0 Å². The van der Waals surface area contributed by atoms with Crippen molar-refractivity contribution in [3.05, 3.63) is 143 Å². The number of ether oxygens (including phenoxy) is 2. The molecule has 4 aromatic carbocycles. The predicted octanol–water partition coefficient (Wildman–Crippen LogP) is 5.22. The van der Waals surface area contributed by atoms with Gasteiger partial charge >= 0.3 is 0 Å². The molecule has 1 saturated heterocycles. The van der Waals surface area contributed by atoms with Crippen molar-refractivity contribution in [3.63, 3.8) is 0 Å². The molecule has 0 bridgehead atoms. The average molecular weight is 866 g/mol. The van der Waals surface area contributed by atoms with Crippen molar-refractivity contribution in [2.45, 2.75) is 82.1 Å². The summed E-state index contributed by atoms with van der Waals surface area (Å²) in [5.74, 6) is -0.927. The minimum atomic E-state index is -4.41. The molecule has 2 aromatic heterocycles. The molecule has 1 aliphatic heterocycles. The monoisotopic (exact) mass is 865 g/mol. The third-order valence-corrected chi connectivity index (χ3v) is 17.2. The Bertz CT molecular complexity index is 2580. The van der Waals surface area contributed by atoms with Gasteiger partial charge in [0, 0.05) is 5.92 Å². The molecule has 0 unspecified atom stereocenters. The van der Waals surface area contributed by atoms with Crippen LogP contribution in [-0.2, 0) is 39.6 Å². The molecule has 16 heteroatoms. The molecule has 1 fully saturated rings. The molecule has 1 aliphatic rings. The number of aliphatic hydroxyl groups is 1. The number of carbonyl (C=O) groups excluding carboxylic acids is 1. The van der Waals surface area contributed by atoms with Crippen LogP contribution in [-0.4, -0.2) is 78.3 Å². The maximum Gasteiger partial charge on any atom is 0.297 e. The van der Waals surface area contributed by atoms with Crippen molar-refractivity contribution in [3.8, 4) is 0 Å². The summed E-state index contributed by atoms with van der Waals surface area (Å²) < 4.78 is 56.3. The lowest BCUT2D eigenvalue weighted by atomic mass is 9.96. The number of imidazole rings is 1. The number of aryl methyl sites for hydroxylation is 1. The number of anilines is 1. The summed E-state index contributed by atoms with van der Waals surface area (Å²) in [7, 11) is -7.77. The Balaban J connectivity index is 1.39. The second-order valence-corrected chi connectivity index (χ2v) is 22.6. The summed E-state index contributed by atoms with van der Waals surface area (Å²) in [5.41, 5.74) is -0.928. The van der Waals surface area contributed by atoms with E-state index in [1.807, 2.05) is 97.9 Å². The van der Waals surface area contributed by atoms with Gasteiger partial charge in [-0.05, 0) is 40.0 Å². The maximum atomic E-state index is 14.0. The molecule has 7 rings (SSSR count). The first kappa shape index (κ1) is 43.7. The highest BCUT2D eigenvalue weighted by Crippen LogP contribution is 2.44. The molecule has 3 N–H and O–H groups in total. The number of nitrogens with one attached hydrogen (secondary N) is 2. The Hall–Kier alpha value is -5.33. The zero-order chi connectivity index (χ0) is 43.6. The normalized spacial score (nSPS) is 19.7. The standard InChI is InChI=1S/C45H51N5O9SSi/c1-30(2)40(52)48-43-47-39-36(41(53)49-43)46-29-50(39)42-37(51)38(56-26-32-16-10-7-11-17-32)45(59-42,27-57-60(54,55)33-24-22-31(3)23-25-33)28-58-61(44(4,5)6,34-18-12-8-13-19-34)35-20-14-9-15-21-35/h7-25,29-30,37-38,42,51H,26-28H2,1-6H3,(H2,47,48,49,52,53)/t37-,38+,42-,45-/m1/s1. The van der Waals surface area contributed by atoms with Crippen molar-refractivity contribution in [1.29, 1.82) is 0 Å². The Morgan fingerprint density at radius 1 is 0.934 bits per heavy atom. The largest absolute Gasteiger partial charge is 0.404 e. The van der Waals surface area contributed by atoms with Gasteiger partial charge in [0.15, 0.2) is 17.4 Å². The molecule has 6 aromatic rings. The summed E-state index contributed by atoms with van der Waals surface area (Å²) >= 11 is 0. The molecule has 320 valence electrons. The molecule has 1 amide bonds. The van der Waals surface area contributed by atoms with Gasteiger partial charge in [-0.2, -0.15) is 13.4 Å². The van der Waals surface area contributed by atoms with Gasteiger partial charge in [0.1, 0.15) is 24.4 Å². The van der Waals surface area contributed by atoms with Crippen molar-refractivity contribution in [1.82, 2.24) is 19.5 Å². The van der Waals surface area contributed by atoms with Crippen LogP contribution in [0.5, 0.6) is 0 Å². The van der Waals surface area contributed by atoms with E-state index in [-0.39, 0.29) is 41.1 Å². The molecule has 0 radical (unpaired) electrons. The molecule has 61 heavy (non-hydrogen) atoms. The van der Waals surface area contributed by atoms with E-state index in [1.54, 1.807) is 26.0 Å². The highest BCUT2D eigenvalue weighted by Gasteiger charge is 2.60. The molecule has 4 atom stereocenters. The highest BCUT2D eigenvalue weighted by molar-refractivity contribution is 7.86. The van der Waals surface area contributed by atoms with Gasteiger partial charge in [-0.15, -0.1) is 0 Å².